The van der Waals surface area contributed by atoms with E-state index < -0.39 is 23.4 Å². The van der Waals surface area contributed by atoms with E-state index in [1.807, 2.05) is 37.4 Å². The van der Waals surface area contributed by atoms with Crippen LogP contribution in [0.25, 0.3) is 10.9 Å². The lowest BCUT2D eigenvalue weighted by Gasteiger charge is -2.17. The van der Waals surface area contributed by atoms with Crippen molar-refractivity contribution in [2.45, 2.75) is 19.9 Å². The van der Waals surface area contributed by atoms with Gasteiger partial charge in [-0.1, -0.05) is 30.3 Å². The molecule has 4 rings (SSSR count). The molecule has 4 aromatic rings. The number of phenolic OH excluding ortho intramolecular Hbond substituents is 1. The highest BCUT2D eigenvalue weighted by Crippen LogP contribution is 2.27. The molecule has 0 amide bonds. The Morgan fingerprint density at radius 1 is 1.09 bits per heavy atom. The molecule has 0 saturated carbocycles. The van der Waals surface area contributed by atoms with E-state index in [0.29, 0.717) is 0 Å². The number of H-pyrrole nitrogens is 1. The van der Waals surface area contributed by atoms with Gasteiger partial charge in [0.05, 0.1) is 18.2 Å². The molecule has 1 atom stereocenters. The van der Waals surface area contributed by atoms with E-state index in [9.17, 15) is 19.5 Å². The van der Waals surface area contributed by atoms with Crippen LogP contribution < -0.4 is 5.56 Å². The molecule has 0 fully saturated rings. The summed E-state index contributed by atoms with van der Waals surface area (Å²) < 4.78 is 6.41. The molecule has 7 nitrogen and oxygen atoms in total. The fourth-order valence-electron chi connectivity index (χ4n) is 3.78. The lowest BCUT2D eigenvalue weighted by molar-refractivity contribution is 0.0523. The number of rotatable bonds is 6. The Kier molecular flexibility index (Phi) is 5.64. The van der Waals surface area contributed by atoms with Crippen molar-refractivity contribution < 1.29 is 19.4 Å². The monoisotopic (exact) mass is 430 g/mol. The fourth-order valence-corrected chi connectivity index (χ4v) is 3.78. The highest BCUT2D eigenvalue weighted by atomic mass is 16.5. The smallest absolute Gasteiger partial charge is 0.343 e. The summed E-state index contributed by atoms with van der Waals surface area (Å²) in [5.41, 5.74) is 1.13. The number of fused-ring (bicyclic) bond motifs is 1. The number of aromatic hydroxyl groups is 1. The number of para-hydroxylation sites is 2. The molecule has 162 valence electrons. The Labute approximate surface area is 183 Å². The normalized spacial score (nSPS) is 11.9. The van der Waals surface area contributed by atoms with Gasteiger partial charge in [0.2, 0.25) is 0 Å². The van der Waals surface area contributed by atoms with Crippen LogP contribution in [0.1, 0.15) is 51.7 Å². The first-order valence-electron chi connectivity index (χ1n) is 10.2. The molecule has 0 bridgehead atoms. The van der Waals surface area contributed by atoms with Crippen molar-refractivity contribution in [3.8, 4) is 5.75 Å². The van der Waals surface area contributed by atoms with Crippen molar-refractivity contribution in [1.82, 2.24) is 9.55 Å². The number of carbonyl (C=O) groups is 2. The summed E-state index contributed by atoms with van der Waals surface area (Å²) in [6.45, 7) is 3.55. The number of ether oxygens (including phenoxy) is 1. The van der Waals surface area contributed by atoms with Crippen LogP contribution >= 0.6 is 0 Å². The number of aromatic amines is 1. The number of ketones is 1. The van der Waals surface area contributed by atoms with Gasteiger partial charge in [-0.2, -0.15) is 0 Å². The van der Waals surface area contributed by atoms with Crippen molar-refractivity contribution in [3.63, 3.8) is 0 Å². The first-order chi connectivity index (χ1) is 15.4. The topological polar surface area (TPSA) is 101 Å². The first-order valence-corrected chi connectivity index (χ1v) is 10.2. The van der Waals surface area contributed by atoms with Crippen molar-refractivity contribution in [3.05, 3.63) is 99.6 Å². The van der Waals surface area contributed by atoms with E-state index in [0.717, 1.165) is 16.5 Å². The average Bonchev–Trinajstić information content (AvgIpc) is 3.23. The highest BCUT2D eigenvalue weighted by Gasteiger charge is 2.24. The molecule has 0 spiro atoms. The standard InChI is InChI=1S/C25H22N2O5/c1-3-32-25(31)19-12-16(23(29)18-9-5-7-11-22(18)28)14-27(24(19)30)15(2)20-13-26-21-10-6-4-8-17(20)21/h4-15,26,28H,3H2,1-2H3. The predicted molar refractivity (Wildman–Crippen MR) is 120 cm³/mol. The molecule has 0 aliphatic heterocycles. The number of phenols is 1. The van der Waals surface area contributed by atoms with Crippen LogP contribution in [0.5, 0.6) is 5.75 Å². The number of hydrogen-bond acceptors (Lipinski definition) is 5. The fraction of sp³-hybridized carbons (Fsp3) is 0.160. The van der Waals surface area contributed by atoms with E-state index in [1.54, 1.807) is 19.1 Å². The van der Waals surface area contributed by atoms with Gasteiger partial charge < -0.3 is 19.4 Å². The Bertz CT molecular complexity index is 1380. The van der Waals surface area contributed by atoms with Crippen LogP contribution in [0.4, 0.5) is 0 Å². The quantitative estimate of drug-likeness (QED) is 0.355. The molecule has 0 aliphatic carbocycles. The number of pyridine rings is 1. The number of benzene rings is 2. The predicted octanol–water partition coefficient (Wildman–Crippen LogP) is 4.05. The molecule has 2 heterocycles. The molecule has 2 N–H and O–H groups in total. The molecule has 2 aromatic carbocycles. The van der Waals surface area contributed by atoms with Gasteiger partial charge in [-0.25, -0.2) is 4.79 Å². The van der Waals surface area contributed by atoms with Gasteiger partial charge in [0.15, 0.2) is 5.78 Å². The summed E-state index contributed by atoms with van der Waals surface area (Å²) in [6.07, 6.45) is 3.23. The van der Waals surface area contributed by atoms with Crippen LogP contribution in [-0.2, 0) is 4.74 Å². The maximum atomic E-state index is 13.2. The second-order valence-corrected chi connectivity index (χ2v) is 7.39. The minimum Gasteiger partial charge on any atom is -0.507 e. The van der Waals surface area contributed by atoms with Gasteiger partial charge in [-0.3, -0.25) is 9.59 Å². The summed E-state index contributed by atoms with van der Waals surface area (Å²) >= 11 is 0. The molecule has 7 heteroatoms. The second kappa shape index (κ2) is 8.55. The van der Waals surface area contributed by atoms with Gasteiger partial charge in [-0.05, 0) is 43.7 Å². The molecular weight excluding hydrogens is 408 g/mol. The summed E-state index contributed by atoms with van der Waals surface area (Å²) in [4.78, 5) is 42.1. The van der Waals surface area contributed by atoms with Gasteiger partial charge in [0, 0.05) is 28.9 Å². The van der Waals surface area contributed by atoms with Gasteiger partial charge in [0.25, 0.3) is 5.56 Å². The lowest BCUT2D eigenvalue weighted by atomic mass is 10.0. The molecule has 0 aliphatic rings. The van der Waals surface area contributed by atoms with E-state index in [4.69, 9.17) is 4.74 Å². The Morgan fingerprint density at radius 3 is 2.56 bits per heavy atom. The van der Waals surface area contributed by atoms with E-state index >= 15 is 0 Å². The van der Waals surface area contributed by atoms with Crippen LogP contribution in [0.2, 0.25) is 0 Å². The SMILES string of the molecule is CCOC(=O)c1cc(C(=O)c2ccccc2O)cn(C(C)c2c[nH]c3ccccc23)c1=O. The van der Waals surface area contributed by atoms with Crippen molar-refractivity contribution in [2.24, 2.45) is 0 Å². The van der Waals surface area contributed by atoms with E-state index in [1.165, 1.54) is 29.0 Å². The summed E-state index contributed by atoms with van der Waals surface area (Å²) in [5.74, 6) is -1.49. The Morgan fingerprint density at radius 2 is 1.81 bits per heavy atom. The van der Waals surface area contributed by atoms with Gasteiger partial charge in [0.1, 0.15) is 11.3 Å². The largest absolute Gasteiger partial charge is 0.507 e. The summed E-state index contributed by atoms with van der Waals surface area (Å²) in [5, 5.41) is 11.1. The second-order valence-electron chi connectivity index (χ2n) is 7.39. The third-order valence-electron chi connectivity index (χ3n) is 5.44. The van der Waals surface area contributed by atoms with Crippen LogP contribution in [0.3, 0.4) is 0 Å². The number of aromatic nitrogens is 2. The van der Waals surface area contributed by atoms with Crippen molar-refractivity contribution >= 4 is 22.7 Å². The maximum absolute atomic E-state index is 13.2. The van der Waals surface area contributed by atoms with E-state index in [2.05, 4.69) is 4.98 Å². The number of carbonyl (C=O) groups excluding carboxylic acids is 2. The highest BCUT2D eigenvalue weighted by molar-refractivity contribution is 6.11. The summed E-state index contributed by atoms with van der Waals surface area (Å²) in [6, 6.07) is 14.5. The van der Waals surface area contributed by atoms with Crippen LogP contribution in [0, 0.1) is 0 Å². The number of nitrogens with zero attached hydrogens (tertiary/aromatic N) is 1. The van der Waals surface area contributed by atoms with Crippen LogP contribution in [0.15, 0.2) is 71.8 Å². The van der Waals surface area contributed by atoms with Gasteiger partial charge in [-0.15, -0.1) is 0 Å². The third kappa shape index (κ3) is 3.69. The zero-order chi connectivity index (χ0) is 22.8. The number of nitrogens with one attached hydrogen (secondary N) is 1. The summed E-state index contributed by atoms with van der Waals surface area (Å²) in [7, 11) is 0. The first kappa shape index (κ1) is 21.1. The molecule has 2 aromatic heterocycles. The van der Waals surface area contributed by atoms with Gasteiger partial charge >= 0.3 is 5.97 Å². The van der Waals surface area contributed by atoms with Crippen LogP contribution in [-0.4, -0.2) is 33.0 Å². The minimum atomic E-state index is -0.802. The maximum Gasteiger partial charge on any atom is 0.343 e. The zero-order valence-corrected chi connectivity index (χ0v) is 17.7. The Hall–Kier alpha value is -4.13. The molecular formula is C25H22N2O5. The lowest BCUT2D eigenvalue weighted by Crippen LogP contribution is -2.30. The molecule has 0 radical (unpaired) electrons. The number of esters is 1. The van der Waals surface area contributed by atoms with E-state index in [-0.39, 0.29) is 29.0 Å². The van der Waals surface area contributed by atoms with Crippen molar-refractivity contribution in [1.29, 1.82) is 0 Å². The van der Waals surface area contributed by atoms with Crippen molar-refractivity contribution in [2.75, 3.05) is 6.61 Å². The molecule has 0 saturated heterocycles. The average molecular weight is 430 g/mol. The zero-order valence-electron chi connectivity index (χ0n) is 17.7. The Balaban J connectivity index is 1.89. The minimum absolute atomic E-state index is 0.0762. The molecule has 32 heavy (non-hydrogen) atoms. The third-order valence-corrected chi connectivity index (χ3v) is 5.44. The number of hydrogen-bond donors (Lipinski definition) is 2. The molecule has 1 unspecified atom stereocenters.